The molecule has 2 heterocycles. The number of halogens is 1. The van der Waals surface area contributed by atoms with E-state index < -0.39 is 11.5 Å². The van der Waals surface area contributed by atoms with Crippen LogP contribution in [-0.2, 0) is 0 Å². The number of para-hydroxylation sites is 1. The molecule has 2 aromatic heterocycles. The van der Waals surface area contributed by atoms with Gasteiger partial charge in [0.25, 0.3) is 11.5 Å². The number of rotatable bonds is 4. The molecular formula is C21H15ClN4O3. The van der Waals surface area contributed by atoms with Crippen molar-refractivity contribution < 1.29 is 9.90 Å². The number of nitrogens with one attached hydrogen (secondary N) is 2. The van der Waals surface area contributed by atoms with Crippen molar-refractivity contribution in [1.29, 1.82) is 0 Å². The lowest BCUT2D eigenvalue weighted by atomic mass is 10.1. The number of carbonyl (C=O) groups excluding carboxylic acids is 1. The van der Waals surface area contributed by atoms with E-state index >= 15 is 0 Å². The molecule has 0 bridgehead atoms. The lowest BCUT2D eigenvalue weighted by Gasteiger charge is -2.14. The summed E-state index contributed by atoms with van der Waals surface area (Å²) < 4.78 is 1.12. The number of amides is 1. The largest absolute Gasteiger partial charge is 0.494 e. The van der Waals surface area contributed by atoms with Crippen LogP contribution < -0.4 is 11.0 Å². The smallest absolute Gasteiger partial charge is 0.287 e. The fraction of sp³-hybridized carbons (Fsp3) is 0. The summed E-state index contributed by atoms with van der Waals surface area (Å²) in [6.45, 7) is 0. The minimum Gasteiger partial charge on any atom is -0.494 e. The summed E-state index contributed by atoms with van der Waals surface area (Å²) in [4.78, 5) is 27.8. The van der Waals surface area contributed by atoms with E-state index in [4.69, 9.17) is 11.6 Å². The van der Waals surface area contributed by atoms with Gasteiger partial charge >= 0.3 is 0 Å². The van der Waals surface area contributed by atoms with Gasteiger partial charge in [-0.3, -0.25) is 9.59 Å². The molecule has 8 heteroatoms. The number of aromatic amines is 1. The van der Waals surface area contributed by atoms with Crippen LogP contribution in [0.5, 0.6) is 5.88 Å². The van der Waals surface area contributed by atoms with Gasteiger partial charge < -0.3 is 10.1 Å². The fourth-order valence-corrected chi connectivity index (χ4v) is 3.25. The number of pyridine rings is 1. The van der Waals surface area contributed by atoms with Gasteiger partial charge in [-0.1, -0.05) is 41.9 Å². The molecule has 4 aromatic rings. The van der Waals surface area contributed by atoms with Gasteiger partial charge in [0.15, 0.2) is 0 Å². The maximum Gasteiger partial charge on any atom is 0.287 e. The van der Waals surface area contributed by atoms with Crippen molar-refractivity contribution in [3.63, 3.8) is 0 Å². The van der Waals surface area contributed by atoms with E-state index in [1.807, 2.05) is 0 Å². The van der Waals surface area contributed by atoms with Crippen LogP contribution in [0.3, 0.4) is 0 Å². The Morgan fingerprint density at radius 1 is 1.07 bits per heavy atom. The normalized spacial score (nSPS) is 11.2. The molecule has 0 aliphatic heterocycles. The molecule has 144 valence electrons. The van der Waals surface area contributed by atoms with E-state index in [1.165, 1.54) is 6.21 Å². The second-order valence-electron chi connectivity index (χ2n) is 6.16. The minimum absolute atomic E-state index is 0.270. The first-order chi connectivity index (χ1) is 14.1. The summed E-state index contributed by atoms with van der Waals surface area (Å²) in [5.74, 6) is -0.769. The zero-order chi connectivity index (χ0) is 20.4. The lowest BCUT2D eigenvalue weighted by Crippen LogP contribution is -2.21. The van der Waals surface area contributed by atoms with E-state index in [1.54, 1.807) is 66.9 Å². The average molecular weight is 407 g/mol. The minimum atomic E-state index is -0.436. The van der Waals surface area contributed by atoms with Crippen molar-refractivity contribution in [2.75, 3.05) is 0 Å². The van der Waals surface area contributed by atoms with Crippen molar-refractivity contribution in [2.24, 2.45) is 5.10 Å². The van der Waals surface area contributed by atoms with Crippen molar-refractivity contribution in [3.05, 3.63) is 93.5 Å². The van der Waals surface area contributed by atoms with Crippen molar-refractivity contribution in [1.82, 2.24) is 15.0 Å². The van der Waals surface area contributed by atoms with Crippen LogP contribution in [0, 0.1) is 0 Å². The van der Waals surface area contributed by atoms with E-state index in [2.05, 4.69) is 15.5 Å². The zero-order valence-electron chi connectivity index (χ0n) is 15.0. The Hall–Kier alpha value is -3.84. The quantitative estimate of drug-likeness (QED) is 0.357. The van der Waals surface area contributed by atoms with Gasteiger partial charge in [0.1, 0.15) is 5.69 Å². The first kappa shape index (κ1) is 18.5. The second kappa shape index (κ2) is 7.65. The van der Waals surface area contributed by atoms with Gasteiger partial charge in [0.05, 0.1) is 22.5 Å². The second-order valence-corrected chi connectivity index (χ2v) is 6.56. The number of H-pyrrole nitrogens is 1. The van der Waals surface area contributed by atoms with Gasteiger partial charge in [-0.05, 0) is 30.3 Å². The molecule has 29 heavy (non-hydrogen) atoms. The van der Waals surface area contributed by atoms with Crippen LogP contribution in [0.1, 0.15) is 16.1 Å². The zero-order valence-corrected chi connectivity index (χ0v) is 15.7. The van der Waals surface area contributed by atoms with Gasteiger partial charge in [-0.2, -0.15) is 5.10 Å². The molecule has 0 spiro atoms. The number of hydrogen-bond donors (Lipinski definition) is 3. The molecule has 1 amide bonds. The molecule has 0 aliphatic rings. The maximum atomic E-state index is 13.0. The highest BCUT2D eigenvalue weighted by Gasteiger charge is 2.17. The molecule has 7 nitrogen and oxygen atoms in total. The third-order valence-electron chi connectivity index (χ3n) is 4.40. The van der Waals surface area contributed by atoms with Gasteiger partial charge in [0, 0.05) is 17.0 Å². The summed E-state index contributed by atoms with van der Waals surface area (Å²) in [7, 11) is 0. The maximum absolute atomic E-state index is 13.0. The van der Waals surface area contributed by atoms with Crippen LogP contribution in [0.25, 0.3) is 16.5 Å². The van der Waals surface area contributed by atoms with Gasteiger partial charge in [0.2, 0.25) is 5.88 Å². The Balaban J connectivity index is 1.85. The van der Waals surface area contributed by atoms with Crippen LogP contribution in [-0.4, -0.2) is 26.8 Å². The van der Waals surface area contributed by atoms with Crippen LogP contribution in [0.4, 0.5) is 0 Å². The number of carbonyl (C=O) groups is 1. The third kappa shape index (κ3) is 3.39. The summed E-state index contributed by atoms with van der Waals surface area (Å²) in [5.41, 5.74) is 2.92. The van der Waals surface area contributed by atoms with Crippen LogP contribution in [0.2, 0.25) is 5.02 Å². The number of aromatic hydroxyl groups is 1. The van der Waals surface area contributed by atoms with Crippen LogP contribution >= 0.6 is 11.6 Å². The summed E-state index contributed by atoms with van der Waals surface area (Å²) in [5, 5.41) is 16.0. The molecule has 0 aliphatic carbocycles. The Bertz CT molecular complexity index is 1290. The molecule has 0 fully saturated rings. The predicted molar refractivity (Wildman–Crippen MR) is 112 cm³/mol. The van der Waals surface area contributed by atoms with Crippen LogP contribution in [0.15, 0.2) is 76.8 Å². The lowest BCUT2D eigenvalue weighted by molar-refractivity contribution is 0.0950. The molecule has 0 saturated heterocycles. The Morgan fingerprint density at radius 3 is 2.52 bits per heavy atom. The average Bonchev–Trinajstić information content (AvgIpc) is 3.27. The molecule has 0 unspecified atom stereocenters. The summed E-state index contributed by atoms with van der Waals surface area (Å²) in [6.07, 6.45) is 2.92. The third-order valence-corrected chi connectivity index (χ3v) is 4.72. The number of nitrogens with zero attached hydrogens (tertiary/aromatic N) is 2. The number of benzene rings is 2. The highest BCUT2D eigenvalue weighted by molar-refractivity contribution is 6.32. The number of fused-ring (bicyclic) bond motifs is 1. The topological polar surface area (TPSA) is 99.5 Å². The molecular weight excluding hydrogens is 392 g/mol. The SMILES string of the molecule is O=C(N/N=C/c1c(O)n(-c2ccccc2Cl)c(=O)c2ccccc12)c1ccc[nH]1. The molecule has 3 N–H and O–H groups in total. The van der Waals surface area contributed by atoms with Gasteiger partial charge in [-0.25, -0.2) is 9.99 Å². The van der Waals surface area contributed by atoms with E-state index in [0.29, 0.717) is 27.2 Å². The standard InChI is InChI=1S/C21H15ClN4O3/c22-16-8-3-4-10-18(16)26-20(28)14-7-2-1-6-13(14)15(21(26)29)12-24-25-19(27)17-9-5-11-23-17/h1-12,23,29H,(H,25,27)/b24-12+. The van der Waals surface area contributed by atoms with Crippen molar-refractivity contribution in [2.45, 2.75) is 0 Å². The highest BCUT2D eigenvalue weighted by atomic mass is 35.5. The first-order valence-corrected chi connectivity index (χ1v) is 9.04. The highest BCUT2D eigenvalue weighted by Crippen LogP contribution is 2.28. The number of aromatic nitrogens is 2. The monoisotopic (exact) mass is 406 g/mol. The van der Waals surface area contributed by atoms with Crippen molar-refractivity contribution in [3.8, 4) is 11.6 Å². The summed E-state index contributed by atoms with van der Waals surface area (Å²) >= 11 is 6.24. The molecule has 0 atom stereocenters. The predicted octanol–water partition coefficient (Wildman–Crippen LogP) is 3.44. The van der Waals surface area contributed by atoms with E-state index in [0.717, 1.165) is 4.57 Å². The van der Waals surface area contributed by atoms with E-state index in [9.17, 15) is 14.7 Å². The fourth-order valence-electron chi connectivity index (χ4n) is 3.03. The molecule has 2 aromatic carbocycles. The Kier molecular flexibility index (Phi) is 4.88. The number of hydrogen-bond acceptors (Lipinski definition) is 4. The molecule has 0 radical (unpaired) electrons. The van der Waals surface area contributed by atoms with Gasteiger partial charge in [-0.15, -0.1) is 0 Å². The van der Waals surface area contributed by atoms with Crippen molar-refractivity contribution >= 4 is 34.5 Å². The molecule has 4 rings (SSSR count). The first-order valence-electron chi connectivity index (χ1n) is 8.66. The summed E-state index contributed by atoms with van der Waals surface area (Å²) in [6, 6.07) is 16.8. The Morgan fingerprint density at radius 2 is 1.79 bits per heavy atom. The number of hydrazone groups is 1. The van der Waals surface area contributed by atoms with E-state index in [-0.39, 0.29) is 11.4 Å². The molecule has 0 saturated carbocycles. The Labute approximate surface area is 169 Å².